The highest BCUT2D eigenvalue weighted by Crippen LogP contribution is 2.66. The van der Waals surface area contributed by atoms with Crippen molar-refractivity contribution in [2.45, 2.75) is 11.8 Å². The highest BCUT2D eigenvalue weighted by molar-refractivity contribution is 6.17. The van der Waals surface area contributed by atoms with Crippen molar-refractivity contribution in [2.24, 2.45) is 5.92 Å². The predicted molar refractivity (Wildman–Crippen MR) is 210 cm³/mol. The molecule has 0 spiro atoms. The van der Waals surface area contributed by atoms with E-state index in [9.17, 15) is 0 Å². The van der Waals surface area contributed by atoms with Gasteiger partial charge < -0.3 is 4.42 Å². The van der Waals surface area contributed by atoms with E-state index in [2.05, 4.69) is 176 Å². The maximum absolute atomic E-state index is 6.51. The minimum absolute atomic E-state index is 0.0760. The fourth-order valence-electron chi connectivity index (χ4n) is 9.08. The molecule has 9 aromatic rings. The van der Waals surface area contributed by atoms with E-state index >= 15 is 0 Å². The van der Waals surface area contributed by atoms with E-state index in [1.54, 1.807) is 0 Å². The lowest BCUT2D eigenvalue weighted by molar-refractivity contribution is 0.669. The molecular formula is C49H32O. The van der Waals surface area contributed by atoms with Crippen LogP contribution in [-0.2, 0) is 5.41 Å². The second-order valence-corrected chi connectivity index (χ2v) is 14.0. The number of benzene rings is 8. The van der Waals surface area contributed by atoms with Crippen molar-refractivity contribution in [3.63, 3.8) is 0 Å². The van der Waals surface area contributed by atoms with E-state index in [-0.39, 0.29) is 5.41 Å². The molecule has 0 amide bonds. The van der Waals surface area contributed by atoms with Gasteiger partial charge in [-0.25, -0.2) is 0 Å². The summed E-state index contributed by atoms with van der Waals surface area (Å²) in [6, 6.07) is 57.6. The standard InChI is InChI=1S/C49H32O/c1-2-12-31(13-3-1)32-23-25-33(26-24-32)46-38-16-6-8-18-40(38)48(41-19-9-7-17-39(41)46)49-27-11-21-36(43(49)30-49)37-20-10-22-44-47(37)42-28-34-14-4-5-15-35(34)29-45(42)50-44/h1-29,43H,30H2. The van der Waals surface area contributed by atoms with Gasteiger partial charge in [0.25, 0.3) is 0 Å². The lowest BCUT2D eigenvalue weighted by Gasteiger charge is -2.25. The number of allylic oxidation sites excluding steroid dienone is 4. The molecule has 234 valence electrons. The molecule has 0 bridgehead atoms. The summed E-state index contributed by atoms with van der Waals surface area (Å²) in [7, 11) is 0. The molecule has 8 aromatic carbocycles. The summed E-state index contributed by atoms with van der Waals surface area (Å²) in [5.74, 6) is 0.381. The number of furan rings is 1. The zero-order chi connectivity index (χ0) is 32.8. The van der Waals surface area contributed by atoms with Crippen LogP contribution in [0, 0.1) is 5.92 Å². The first-order chi connectivity index (χ1) is 24.8. The molecule has 0 radical (unpaired) electrons. The van der Waals surface area contributed by atoms with Crippen LogP contribution in [0.1, 0.15) is 17.5 Å². The number of hydrogen-bond donors (Lipinski definition) is 0. The smallest absolute Gasteiger partial charge is 0.136 e. The number of fused-ring (bicyclic) bond motifs is 7. The Morgan fingerprint density at radius 2 is 1.12 bits per heavy atom. The second-order valence-electron chi connectivity index (χ2n) is 14.0. The monoisotopic (exact) mass is 636 g/mol. The van der Waals surface area contributed by atoms with Gasteiger partial charge in [-0.15, -0.1) is 0 Å². The number of hydrogen-bond acceptors (Lipinski definition) is 1. The summed E-state index contributed by atoms with van der Waals surface area (Å²) in [5, 5.41) is 10.2. The maximum atomic E-state index is 6.51. The SMILES string of the molecule is C1=CC2(c3c4ccccc4c(-c4ccc(-c5ccccc5)cc4)c4ccccc34)CC2C(c2cccc3oc4cc5ccccc5cc4c23)=C1. The molecule has 0 aliphatic heterocycles. The summed E-state index contributed by atoms with van der Waals surface area (Å²) in [4.78, 5) is 0. The Kier molecular flexibility index (Phi) is 5.77. The van der Waals surface area contributed by atoms with E-state index in [0.29, 0.717) is 5.92 Å². The van der Waals surface area contributed by atoms with Gasteiger partial charge in [-0.05, 0) is 102 Å². The average molecular weight is 637 g/mol. The topological polar surface area (TPSA) is 13.1 Å². The van der Waals surface area contributed by atoms with Gasteiger partial charge in [-0.1, -0.05) is 158 Å². The summed E-state index contributed by atoms with van der Waals surface area (Å²) in [6.07, 6.45) is 8.25. The second kappa shape index (κ2) is 10.4. The van der Waals surface area contributed by atoms with Crippen molar-refractivity contribution in [1.29, 1.82) is 0 Å². The first-order valence-electron chi connectivity index (χ1n) is 17.6. The fourth-order valence-corrected chi connectivity index (χ4v) is 9.08. The van der Waals surface area contributed by atoms with E-state index in [1.165, 1.54) is 82.0 Å². The molecular weight excluding hydrogens is 605 g/mol. The van der Waals surface area contributed by atoms with Crippen LogP contribution in [0.5, 0.6) is 0 Å². The minimum atomic E-state index is -0.0760. The van der Waals surface area contributed by atoms with E-state index in [1.807, 2.05) is 0 Å². The zero-order valence-corrected chi connectivity index (χ0v) is 27.4. The van der Waals surface area contributed by atoms with Gasteiger partial charge in [-0.2, -0.15) is 0 Å². The molecule has 0 saturated heterocycles. The van der Waals surface area contributed by atoms with Crippen LogP contribution >= 0.6 is 0 Å². The Morgan fingerprint density at radius 1 is 0.500 bits per heavy atom. The summed E-state index contributed by atoms with van der Waals surface area (Å²) in [5.41, 5.74) is 11.0. The van der Waals surface area contributed by atoms with Gasteiger partial charge in [0.1, 0.15) is 11.2 Å². The Bertz CT molecular complexity index is 2830. The molecule has 2 aliphatic carbocycles. The van der Waals surface area contributed by atoms with Crippen LogP contribution in [0.4, 0.5) is 0 Å². The molecule has 50 heavy (non-hydrogen) atoms. The van der Waals surface area contributed by atoms with Gasteiger partial charge in [-0.3, -0.25) is 0 Å². The third-order valence-corrected chi connectivity index (χ3v) is 11.4. The third kappa shape index (κ3) is 3.95. The summed E-state index contributed by atoms with van der Waals surface area (Å²) >= 11 is 0. The quantitative estimate of drug-likeness (QED) is 0.175. The van der Waals surface area contributed by atoms with Crippen LogP contribution in [0.3, 0.4) is 0 Å². The summed E-state index contributed by atoms with van der Waals surface area (Å²) in [6.45, 7) is 0. The van der Waals surface area contributed by atoms with Gasteiger partial charge in [0.05, 0.1) is 0 Å². The first kappa shape index (κ1) is 27.7. The average Bonchev–Trinajstić information content (AvgIpc) is 3.82. The first-order valence-corrected chi connectivity index (χ1v) is 17.6. The molecule has 2 aliphatic rings. The molecule has 11 rings (SSSR count). The lowest BCUT2D eigenvalue weighted by Crippen LogP contribution is -2.12. The largest absolute Gasteiger partial charge is 0.456 e. The van der Waals surface area contributed by atoms with Crippen molar-refractivity contribution >= 4 is 59.8 Å². The molecule has 2 unspecified atom stereocenters. The molecule has 1 fully saturated rings. The van der Waals surface area contributed by atoms with E-state index in [4.69, 9.17) is 4.42 Å². The Morgan fingerprint density at radius 3 is 1.86 bits per heavy atom. The van der Waals surface area contributed by atoms with Crippen LogP contribution in [-0.4, -0.2) is 0 Å². The van der Waals surface area contributed by atoms with Crippen LogP contribution < -0.4 is 0 Å². The summed E-state index contributed by atoms with van der Waals surface area (Å²) < 4.78 is 6.51. The van der Waals surface area contributed by atoms with Crippen LogP contribution in [0.25, 0.3) is 82.1 Å². The minimum Gasteiger partial charge on any atom is -0.456 e. The molecule has 1 heterocycles. The predicted octanol–water partition coefficient (Wildman–Crippen LogP) is 13.3. The van der Waals surface area contributed by atoms with Crippen molar-refractivity contribution in [3.05, 3.63) is 187 Å². The highest BCUT2D eigenvalue weighted by Gasteiger charge is 2.57. The molecule has 0 N–H and O–H groups in total. The maximum Gasteiger partial charge on any atom is 0.136 e. The Hall–Kier alpha value is -6.18. The molecule has 1 heteroatoms. The molecule has 1 saturated carbocycles. The van der Waals surface area contributed by atoms with E-state index < -0.39 is 0 Å². The van der Waals surface area contributed by atoms with Crippen molar-refractivity contribution in [1.82, 2.24) is 0 Å². The Balaban J connectivity index is 1.08. The fraction of sp³-hybridized carbons (Fsp3) is 0.0612. The molecule has 2 atom stereocenters. The zero-order valence-electron chi connectivity index (χ0n) is 27.4. The third-order valence-electron chi connectivity index (χ3n) is 11.4. The van der Waals surface area contributed by atoms with Crippen molar-refractivity contribution in [2.75, 3.05) is 0 Å². The Labute approximate surface area is 290 Å². The van der Waals surface area contributed by atoms with Gasteiger partial charge >= 0.3 is 0 Å². The van der Waals surface area contributed by atoms with Gasteiger partial charge in [0.2, 0.25) is 0 Å². The lowest BCUT2D eigenvalue weighted by atomic mass is 9.78. The molecule has 1 nitrogen and oxygen atoms in total. The van der Waals surface area contributed by atoms with Crippen molar-refractivity contribution < 1.29 is 4.42 Å². The number of rotatable bonds is 4. The van der Waals surface area contributed by atoms with Crippen LogP contribution in [0.2, 0.25) is 0 Å². The van der Waals surface area contributed by atoms with E-state index in [0.717, 1.165) is 17.6 Å². The van der Waals surface area contributed by atoms with Gasteiger partial charge in [0, 0.05) is 16.2 Å². The van der Waals surface area contributed by atoms with Crippen molar-refractivity contribution in [3.8, 4) is 22.3 Å². The normalized spacial score (nSPS) is 18.2. The van der Waals surface area contributed by atoms with Gasteiger partial charge in [0.15, 0.2) is 0 Å². The van der Waals surface area contributed by atoms with Crippen LogP contribution in [0.15, 0.2) is 180 Å². The molecule has 1 aromatic heterocycles. The highest BCUT2D eigenvalue weighted by atomic mass is 16.3.